The average Bonchev–Trinajstić information content (AvgIpc) is 2.72. The summed E-state index contributed by atoms with van der Waals surface area (Å²) in [4.78, 5) is 11.2. The van der Waals surface area contributed by atoms with Gasteiger partial charge in [-0.3, -0.25) is 0 Å². The minimum Gasteiger partial charge on any atom is -0.477 e. The third-order valence-electron chi connectivity index (χ3n) is 2.15. The van der Waals surface area contributed by atoms with E-state index in [0.29, 0.717) is 16.5 Å². The molecule has 0 spiro atoms. The zero-order valence-electron chi connectivity index (χ0n) is 9.42. The largest absolute Gasteiger partial charge is 0.477 e. The Bertz CT molecular complexity index is 619. The molecule has 0 fully saturated rings. The topological polar surface area (TPSA) is 76.2 Å². The van der Waals surface area contributed by atoms with Crippen molar-refractivity contribution in [1.29, 1.82) is 0 Å². The molecule has 92 valence electrons. The smallest absolute Gasteiger partial charge is 0.341 e. The predicted octanol–water partition coefficient (Wildman–Crippen LogP) is 2.66. The number of rotatable bonds is 3. The Morgan fingerprint density at radius 2 is 2.22 bits per heavy atom. The van der Waals surface area contributed by atoms with E-state index in [1.54, 1.807) is 31.2 Å². The molecule has 6 heteroatoms. The molecule has 0 aliphatic rings. The van der Waals surface area contributed by atoms with Gasteiger partial charge in [0.2, 0.25) is 5.89 Å². The molecule has 0 amide bonds. The maximum atomic E-state index is 11.2. The fraction of sp³-hybridized carbons (Fsp3) is 0.0833. The number of carboxylic acids is 1. The van der Waals surface area contributed by atoms with Gasteiger partial charge in [-0.1, -0.05) is 23.7 Å². The van der Waals surface area contributed by atoms with Gasteiger partial charge in [0.25, 0.3) is 5.89 Å². The minimum atomic E-state index is -1.14. The van der Waals surface area contributed by atoms with Gasteiger partial charge in [0, 0.05) is 11.9 Å². The lowest BCUT2D eigenvalue weighted by Crippen LogP contribution is -2.00. The first-order valence-corrected chi connectivity index (χ1v) is 5.45. The highest BCUT2D eigenvalue weighted by molar-refractivity contribution is 6.30. The van der Waals surface area contributed by atoms with Crippen molar-refractivity contribution in [2.75, 3.05) is 0 Å². The number of aromatic nitrogens is 2. The van der Waals surface area contributed by atoms with E-state index in [0.717, 1.165) is 0 Å². The molecule has 0 aliphatic carbocycles. The van der Waals surface area contributed by atoms with E-state index in [1.807, 2.05) is 0 Å². The van der Waals surface area contributed by atoms with Crippen molar-refractivity contribution in [3.05, 3.63) is 46.6 Å². The molecule has 5 nitrogen and oxygen atoms in total. The minimum absolute atomic E-state index is 0.0278. The number of carbonyl (C=O) groups is 1. The van der Waals surface area contributed by atoms with Crippen LogP contribution in [0.15, 0.2) is 28.7 Å². The standard InChI is InChI=1S/C12H9ClN2O3/c1-7-14-15-11(18-7)10(12(16)17)6-8-3-2-4-9(13)5-8/h2-6H,1H3,(H,16,17)/b10-6-. The van der Waals surface area contributed by atoms with Crippen molar-refractivity contribution >= 4 is 29.2 Å². The van der Waals surface area contributed by atoms with Gasteiger partial charge < -0.3 is 9.52 Å². The third-order valence-corrected chi connectivity index (χ3v) is 2.38. The van der Waals surface area contributed by atoms with Crippen molar-refractivity contribution in [2.24, 2.45) is 0 Å². The number of halogens is 1. The number of nitrogens with zero attached hydrogens (tertiary/aromatic N) is 2. The van der Waals surface area contributed by atoms with Crippen LogP contribution in [0, 0.1) is 6.92 Å². The summed E-state index contributed by atoms with van der Waals surface area (Å²) < 4.78 is 5.11. The summed E-state index contributed by atoms with van der Waals surface area (Å²) in [6.07, 6.45) is 1.43. The lowest BCUT2D eigenvalue weighted by atomic mass is 10.1. The molecule has 0 saturated carbocycles. The molecule has 2 rings (SSSR count). The van der Waals surface area contributed by atoms with Crippen molar-refractivity contribution in [2.45, 2.75) is 6.92 Å². The first kappa shape index (κ1) is 12.3. The molecule has 0 bridgehead atoms. The SMILES string of the molecule is Cc1nnc(/C(=C/c2cccc(Cl)c2)C(=O)O)o1. The van der Waals surface area contributed by atoms with Crippen molar-refractivity contribution in [3.8, 4) is 0 Å². The number of aliphatic carboxylic acids is 1. The van der Waals surface area contributed by atoms with Crippen LogP contribution in [0.1, 0.15) is 17.3 Å². The first-order chi connectivity index (χ1) is 8.56. The molecule has 0 radical (unpaired) electrons. The zero-order valence-corrected chi connectivity index (χ0v) is 10.2. The van der Waals surface area contributed by atoms with Gasteiger partial charge in [-0.05, 0) is 23.8 Å². The number of hydrogen-bond donors (Lipinski definition) is 1. The molecule has 1 N–H and O–H groups in total. The molecule has 0 unspecified atom stereocenters. The second-order valence-corrected chi connectivity index (χ2v) is 3.98. The van der Waals surface area contributed by atoms with Crippen LogP contribution < -0.4 is 0 Å². The Kier molecular flexibility index (Phi) is 3.43. The van der Waals surface area contributed by atoms with Crippen molar-refractivity contribution in [1.82, 2.24) is 10.2 Å². The summed E-state index contributed by atoms with van der Waals surface area (Å²) in [5, 5.41) is 17.0. The lowest BCUT2D eigenvalue weighted by Gasteiger charge is -1.98. The van der Waals surface area contributed by atoms with Crippen LogP contribution in [0.4, 0.5) is 0 Å². The van der Waals surface area contributed by atoms with E-state index >= 15 is 0 Å². The second-order valence-electron chi connectivity index (χ2n) is 3.54. The average molecular weight is 265 g/mol. The summed E-state index contributed by atoms with van der Waals surface area (Å²) in [5.74, 6) is -0.859. The molecule has 1 aromatic heterocycles. The zero-order chi connectivity index (χ0) is 13.1. The Balaban J connectivity index is 2.45. The summed E-state index contributed by atoms with van der Waals surface area (Å²) in [6, 6.07) is 6.81. The van der Waals surface area contributed by atoms with Gasteiger partial charge in [0.1, 0.15) is 5.57 Å². The van der Waals surface area contributed by atoms with E-state index in [4.69, 9.17) is 21.1 Å². The van der Waals surface area contributed by atoms with Crippen LogP contribution in [-0.4, -0.2) is 21.3 Å². The quantitative estimate of drug-likeness (QED) is 0.863. The van der Waals surface area contributed by atoms with Gasteiger partial charge in [0.05, 0.1) is 0 Å². The molecule has 0 atom stereocenters. The van der Waals surface area contributed by atoms with E-state index in [1.165, 1.54) is 6.08 Å². The summed E-state index contributed by atoms with van der Waals surface area (Å²) >= 11 is 5.83. The lowest BCUT2D eigenvalue weighted by molar-refractivity contribution is -0.130. The first-order valence-electron chi connectivity index (χ1n) is 5.07. The Morgan fingerprint density at radius 1 is 1.44 bits per heavy atom. The third kappa shape index (κ3) is 2.75. The molecule has 1 heterocycles. The van der Waals surface area contributed by atoms with Gasteiger partial charge in [-0.2, -0.15) is 0 Å². The highest BCUT2D eigenvalue weighted by Crippen LogP contribution is 2.19. The second kappa shape index (κ2) is 5.01. The van der Waals surface area contributed by atoms with Gasteiger partial charge in [-0.25, -0.2) is 4.79 Å². The Hall–Kier alpha value is -2.14. The Morgan fingerprint density at radius 3 is 2.78 bits per heavy atom. The molecular formula is C12H9ClN2O3. The number of hydrogen-bond acceptors (Lipinski definition) is 4. The van der Waals surface area contributed by atoms with E-state index in [9.17, 15) is 4.79 Å². The fourth-order valence-corrected chi connectivity index (χ4v) is 1.58. The van der Waals surface area contributed by atoms with Gasteiger partial charge in [0.15, 0.2) is 0 Å². The molecule has 0 saturated heterocycles. The number of aryl methyl sites for hydroxylation is 1. The fourth-order valence-electron chi connectivity index (χ4n) is 1.38. The summed E-state index contributed by atoms with van der Waals surface area (Å²) in [5.41, 5.74) is 0.577. The summed E-state index contributed by atoms with van der Waals surface area (Å²) in [6.45, 7) is 1.59. The highest BCUT2D eigenvalue weighted by atomic mass is 35.5. The molecule has 18 heavy (non-hydrogen) atoms. The van der Waals surface area contributed by atoms with Crippen LogP contribution in [0.5, 0.6) is 0 Å². The Labute approximate surface area is 108 Å². The van der Waals surface area contributed by atoms with E-state index in [2.05, 4.69) is 10.2 Å². The molecule has 0 aliphatic heterocycles. The maximum Gasteiger partial charge on any atom is 0.341 e. The highest BCUT2D eigenvalue weighted by Gasteiger charge is 2.16. The monoisotopic (exact) mass is 264 g/mol. The van der Waals surface area contributed by atoms with Crippen LogP contribution in [-0.2, 0) is 4.79 Å². The van der Waals surface area contributed by atoms with E-state index in [-0.39, 0.29) is 11.5 Å². The van der Waals surface area contributed by atoms with Crippen LogP contribution >= 0.6 is 11.6 Å². The van der Waals surface area contributed by atoms with Crippen LogP contribution in [0.3, 0.4) is 0 Å². The molecule has 2 aromatic rings. The molecular weight excluding hydrogens is 256 g/mol. The van der Waals surface area contributed by atoms with Gasteiger partial charge in [-0.15, -0.1) is 10.2 Å². The predicted molar refractivity (Wildman–Crippen MR) is 66.0 cm³/mol. The van der Waals surface area contributed by atoms with Gasteiger partial charge >= 0.3 is 5.97 Å². The van der Waals surface area contributed by atoms with Crippen LogP contribution in [0.25, 0.3) is 11.6 Å². The molecule has 1 aromatic carbocycles. The van der Waals surface area contributed by atoms with Crippen LogP contribution in [0.2, 0.25) is 5.02 Å². The normalized spacial score (nSPS) is 11.6. The van der Waals surface area contributed by atoms with E-state index < -0.39 is 5.97 Å². The van der Waals surface area contributed by atoms with Crippen molar-refractivity contribution < 1.29 is 14.3 Å². The maximum absolute atomic E-state index is 11.2. The van der Waals surface area contributed by atoms with Crippen molar-refractivity contribution in [3.63, 3.8) is 0 Å². The number of benzene rings is 1. The number of carboxylic acid groups (broad SMARTS) is 1. The summed E-state index contributed by atoms with van der Waals surface area (Å²) in [7, 11) is 0.